The third-order valence-corrected chi connectivity index (χ3v) is 2.68. The molecule has 0 aliphatic carbocycles. The molecule has 0 spiro atoms. The molecule has 0 aliphatic heterocycles. The normalized spacial score (nSPS) is 12.7. The van der Waals surface area contributed by atoms with E-state index in [-0.39, 0.29) is 15.9 Å². The summed E-state index contributed by atoms with van der Waals surface area (Å²) in [6.07, 6.45) is -10.2. The first-order chi connectivity index (χ1) is 9.51. The Bertz CT molecular complexity index is 639. The van der Waals surface area contributed by atoms with Gasteiger partial charge in [-0.1, -0.05) is 0 Å². The largest absolute Gasteiger partial charge is 0.452 e. The molecule has 0 amide bonds. The van der Waals surface area contributed by atoms with Gasteiger partial charge in [0.1, 0.15) is 0 Å². The summed E-state index contributed by atoms with van der Waals surface area (Å²) in [4.78, 5) is 0. The van der Waals surface area contributed by atoms with Gasteiger partial charge in [0.05, 0.1) is 0 Å². The van der Waals surface area contributed by atoms with Crippen LogP contribution in [0, 0.1) is 6.92 Å². The average molecular weight is 310 g/mol. The molecule has 0 fully saturated rings. The van der Waals surface area contributed by atoms with Gasteiger partial charge in [-0.2, -0.15) is 26.3 Å². The van der Waals surface area contributed by atoms with Crippen LogP contribution in [0.25, 0.3) is 5.69 Å². The number of alkyl halides is 6. The van der Waals surface area contributed by atoms with Gasteiger partial charge in [0.25, 0.3) is 0 Å². The molecule has 0 atom stereocenters. The summed E-state index contributed by atoms with van der Waals surface area (Å²) in [7, 11) is 0. The maximum Gasteiger partial charge on any atom is 0.452 e. The average Bonchev–Trinajstić information content (AvgIpc) is 2.76. The first kappa shape index (κ1) is 15.1. The van der Waals surface area contributed by atoms with Gasteiger partial charge in [-0.15, -0.1) is 10.2 Å². The lowest BCUT2D eigenvalue weighted by molar-refractivity contribution is -0.153. The van der Waals surface area contributed by atoms with Crippen LogP contribution in [0.5, 0.6) is 0 Å². The summed E-state index contributed by atoms with van der Waals surface area (Å²) < 4.78 is 76.7. The summed E-state index contributed by atoms with van der Waals surface area (Å²) in [6, 6.07) is 3.35. The van der Waals surface area contributed by atoms with E-state index in [4.69, 9.17) is 5.73 Å². The Morgan fingerprint density at radius 3 is 1.81 bits per heavy atom. The molecule has 2 aromatic rings. The number of benzene rings is 1. The van der Waals surface area contributed by atoms with Gasteiger partial charge in [-0.3, -0.25) is 4.57 Å². The number of nitrogen functional groups attached to an aromatic ring is 1. The van der Waals surface area contributed by atoms with Crippen LogP contribution in [0.15, 0.2) is 18.2 Å². The molecule has 0 unspecified atom stereocenters. The highest BCUT2D eigenvalue weighted by Gasteiger charge is 2.45. The Hall–Kier alpha value is -2.26. The van der Waals surface area contributed by atoms with Crippen LogP contribution >= 0.6 is 0 Å². The van der Waals surface area contributed by atoms with E-state index >= 15 is 0 Å². The molecule has 0 saturated heterocycles. The SMILES string of the molecule is Cc1cc(-n2c(C(F)(F)F)nnc2C(F)(F)F)ccc1N. The summed E-state index contributed by atoms with van der Waals surface area (Å²) >= 11 is 0. The molecule has 1 heterocycles. The molecule has 0 bridgehead atoms. The number of nitrogens with two attached hydrogens (primary N) is 1. The fourth-order valence-corrected chi connectivity index (χ4v) is 1.69. The van der Waals surface area contributed by atoms with Gasteiger partial charge >= 0.3 is 12.4 Å². The zero-order chi connectivity index (χ0) is 16.0. The molecule has 2 rings (SSSR count). The van der Waals surface area contributed by atoms with E-state index in [0.29, 0.717) is 5.56 Å². The van der Waals surface area contributed by atoms with E-state index in [1.54, 1.807) is 0 Å². The van der Waals surface area contributed by atoms with E-state index in [1.807, 2.05) is 0 Å². The zero-order valence-corrected chi connectivity index (χ0v) is 10.4. The van der Waals surface area contributed by atoms with E-state index < -0.39 is 24.0 Å². The molecule has 1 aromatic carbocycles. The van der Waals surface area contributed by atoms with Crippen molar-refractivity contribution in [3.05, 3.63) is 35.4 Å². The van der Waals surface area contributed by atoms with Crippen LogP contribution in [-0.2, 0) is 12.4 Å². The highest BCUT2D eigenvalue weighted by atomic mass is 19.4. The Morgan fingerprint density at radius 1 is 0.952 bits per heavy atom. The second-order valence-corrected chi connectivity index (χ2v) is 4.22. The van der Waals surface area contributed by atoms with Gasteiger partial charge in [0, 0.05) is 11.4 Å². The number of hydrogen-bond donors (Lipinski definition) is 1. The van der Waals surface area contributed by atoms with E-state index in [0.717, 1.165) is 12.1 Å². The topological polar surface area (TPSA) is 56.7 Å². The van der Waals surface area contributed by atoms with E-state index in [2.05, 4.69) is 10.2 Å². The fraction of sp³-hybridized carbons (Fsp3) is 0.273. The molecule has 21 heavy (non-hydrogen) atoms. The molecule has 0 radical (unpaired) electrons. The number of anilines is 1. The molecule has 4 nitrogen and oxygen atoms in total. The van der Waals surface area contributed by atoms with Crippen molar-refractivity contribution in [1.29, 1.82) is 0 Å². The molecule has 2 N–H and O–H groups in total. The quantitative estimate of drug-likeness (QED) is 0.650. The van der Waals surface area contributed by atoms with Crippen molar-refractivity contribution in [2.75, 3.05) is 5.73 Å². The molecule has 10 heteroatoms. The van der Waals surface area contributed by atoms with Gasteiger partial charge in [-0.05, 0) is 30.7 Å². The van der Waals surface area contributed by atoms with Gasteiger partial charge in [0.15, 0.2) is 0 Å². The smallest absolute Gasteiger partial charge is 0.399 e. The number of nitrogens with zero attached hydrogens (tertiary/aromatic N) is 3. The molecule has 1 aromatic heterocycles. The first-order valence-electron chi connectivity index (χ1n) is 5.48. The predicted octanol–water partition coefficient (Wildman–Crippen LogP) is 3.20. The number of rotatable bonds is 1. The van der Waals surface area contributed by atoms with Crippen LogP contribution in [0.2, 0.25) is 0 Å². The zero-order valence-electron chi connectivity index (χ0n) is 10.4. The monoisotopic (exact) mass is 310 g/mol. The Morgan fingerprint density at radius 2 is 1.43 bits per heavy atom. The lowest BCUT2D eigenvalue weighted by Crippen LogP contribution is -2.19. The van der Waals surface area contributed by atoms with E-state index in [1.165, 1.54) is 13.0 Å². The summed E-state index contributed by atoms with van der Waals surface area (Å²) in [5.74, 6) is -3.50. The molecule has 114 valence electrons. The van der Waals surface area contributed by atoms with Crippen LogP contribution in [0.3, 0.4) is 0 Å². The number of hydrogen-bond acceptors (Lipinski definition) is 3. The molecule has 0 aliphatic rings. The molecule has 0 saturated carbocycles. The first-order valence-corrected chi connectivity index (χ1v) is 5.48. The van der Waals surface area contributed by atoms with Crippen LogP contribution in [0.1, 0.15) is 17.2 Å². The maximum absolute atomic E-state index is 12.8. The lowest BCUT2D eigenvalue weighted by atomic mass is 10.2. The highest BCUT2D eigenvalue weighted by Crippen LogP contribution is 2.36. The van der Waals surface area contributed by atoms with Crippen molar-refractivity contribution in [2.24, 2.45) is 0 Å². The summed E-state index contributed by atoms with van der Waals surface area (Å²) in [5, 5.41) is 5.24. The van der Waals surface area contributed by atoms with Crippen LogP contribution < -0.4 is 5.73 Å². The predicted molar refractivity (Wildman–Crippen MR) is 60.5 cm³/mol. The molecular weight excluding hydrogens is 302 g/mol. The second kappa shape index (κ2) is 4.64. The third-order valence-electron chi connectivity index (χ3n) is 2.68. The van der Waals surface area contributed by atoms with Crippen LogP contribution in [0.4, 0.5) is 32.0 Å². The van der Waals surface area contributed by atoms with Crippen molar-refractivity contribution in [2.45, 2.75) is 19.3 Å². The third kappa shape index (κ3) is 2.78. The minimum Gasteiger partial charge on any atom is -0.399 e. The summed E-state index contributed by atoms with van der Waals surface area (Å²) in [6.45, 7) is 1.46. The van der Waals surface area contributed by atoms with Gasteiger partial charge in [-0.25, -0.2) is 0 Å². The Balaban J connectivity index is 2.75. The summed E-state index contributed by atoms with van der Waals surface area (Å²) in [5.41, 5.74) is 5.72. The van der Waals surface area contributed by atoms with Crippen molar-refractivity contribution in [1.82, 2.24) is 14.8 Å². The second-order valence-electron chi connectivity index (χ2n) is 4.22. The van der Waals surface area contributed by atoms with Crippen molar-refractivity contribution in [3.63, 3.8) is 0 Å². The van der Waals surface area contributed by atoms with Gasteiger partial charge < -0.3 is 5.73 Å². The van der Waals surface area contributed by atoms with Crippen molar-refractivity contribution < 1.29 is 26.3 Å². The number of halogens is 6. The van der Waals surface area contributed by atoms with Gasteiger partial charge in [0.2, 0.25) is 11.6 Å². The minimum atomic E-state index is -5.08. The van der Waals surface area contributed by atoms with E-state index in [9.17, 15) is 26.3 Å². The molecular formula is C11H8F6N4. The van der Waals surface area contributed by atoms with Crippen molar-refractivity contribution in [3.8, 4) is 5.69 Å². The standard InChI is InChI=1S/C11H8F6N4/c1-5-4-6(2-3-7(5)18)21-8(10(12,13)14)19-20-9(21)11(15,16)17/h2-4H,18H2,1H3. The maximum atomic E-state index is 12.8. The Labute approximate surface area is 114 Å². The van der Waals surface area contributed by atoms with Crippen LogP contribution in [-0.4, -0.2) is 14.8 Å². The fourth-order valence-electron chi connectivity index (χ4n) is 1.69. The Kier molecular flexibility index (Phi) is 3.34. The lowest BCUT2D eigenvalue weighted by Gasteiger charge is -2.14. The van der Waals surface area contributed by atoms with Crippen molar-refractivity contribution >= 4 is 5.69 Å². The minimum absolute atomic E-state index is 0.0769. The number of aryl methyl sites for hydroxylation is 1. The highest BCUT2D eigenvalue weighted by molar-refractivity contribution is 5.52. The number of aromatic nitrogens is 3.